The predicted molar refractivity (Wildman–Crippen MR) is 76.1 cm³/mol. The lowest BCUT2D eigenvalue weighted by Gasteiger charge is -2.24. The third-order valence-electron chi connectivity index (χ3n) is 4.05. The Bertz CT molecular complexity index is 554. The fraction of sp³-hybridized carbons (Fsp3) is 0.467. The van der Waals surface area contributed by atoms with E-state index in [-0.39, 0.29) is 11.9 Å². The molecule has 1 aliphatic heterocycles. The molecule has 20 heavy (non-hydrogen) atoms. The van der Waals surface area contributed by atoms with Crippen molar-refractivity contribution in [3.8, 4) is 0 Å². The number of hydrogen-bond donors (Lipinski definition) is 2. The number of hydrogen-bond acceptors (Lipinski definition) is 3. The van der Waals surface area contributed by atoms with Crippen LogP contribution in [0.1, 0.15) is 31.4 Å². The van der Waals surface area contributed by atoms with Gasteiger partial charge in [-0.15, -0.1) is 0 Å². The van der Waals surface area contributed by atoms with Crippen molar-refractivity contribution in [2.24, 2.45) is 11.7 Å². The van der Waals surface area contributed by atoms with E-state index in [4.69, 9.17) is 5.73 Å². The highest BCUT2D eigenvalue weighted by Crippen LogP contribution is 2.35. The van der Waals surface area contributed by atoms with E-state index in [0.717, 1.165) is 24.1 Å². The Morgan fingerprint density at radius 3 is 2.75 bits per heavy atom. The maximum atomic E-state index is 12.6. The molecule has 0 aromatic heterocycles. The first-order valence-electron chi connectivity index (χ1n) is 7.03. The molecule has 0 radical (unpaired) electrons. The fourth-order valence-corrected chi connectivity index (χ4v) is 2.74. The van der Waals surface area contributed by atoms with Gasteiger partial charge in [-0.2, -0.15) is 0 Å². The number of primary amides is 1. The summed E-state index contributed by atoms with van der Waals surface area (Å²) in [7, 11) is 0. The molecule has 3 rings (SSSR count). The molecular weight excluding hydrogens is 254 g/mol. The van der Waals surface area contributed by atoms with E-state index in [1.165, 1.54) is 0 Å². The average Bonchev–Trinajstić information content (AvgIpc) is 3.25. The number of anilines is 1. The Hall–Kier alpha value is -1.88. The zero-order valence-corrected chi connectivity index (χ0v) is 11.5. The molecule has 1 saturated carbocycles. The first-order valence-corrected chi connectivity index (χ1v) is 7.03. The van der Waals surface area contributed by atoms with Crippen molar-refractivity contribution < 1.29 is 9.59 Å². The lowest BCUT2D eigenvalue weighted by atomic mass is 10.1. The molecule has 0 bridgehead atoms. The van der Waals surface area contributed by atoms with Crippen molar-refractivity contribution >= 4 is 17.5 Å². The summed E-state index contributed by atoms with van der Waals surface area (Å²) in [5, 5.41) is 3.04. The van der Waals surface area contributed by atoms with E-state index in [9.17, 15) is 9.59 Å². The molecule has 5 nitrogen and oxygen atoms in total. The molecule has 1 aromatic carbocycles. The number of para-hydroxylation sites is 1. The summed E-state index contributed by atoms with van der Waals surface area (Å²) in [6, 6.07) is 6.76. The minimum atomic E-state index is -0.948. The Labute approximate surface area is 118 Å². The first-order chi connectivity index (χ1) is 9.58. The summed E-state index contributed by atoms with van der Waals surface area (Å²) in [6.07, 6.45) is 2.30. The van der Waals surface area contributed by atoms with Gasteiger partial charge in [0.05, 0.1) is 0 Å². The van der Waals surface area contributed by atoms with Crippen LogP contribution in [0, 0.1) is 5.92 Å². The van der Waals surface area contributed by atoms with Crippen LogP contribution in [0.5, 0.6) is 0 Å². The van der Waals surface area contributed by atoms with Gasteiger partial charge in [-0.1, -0.05) is 18.2 Å². The molecule has 2 aliphatic rings. The number of benzene rings is 1. The summed E-state index contributed by atoms with van der Waals surface area (Å²) in [4.78, 5) is 25.9. The summed E-state index contributed by atoms with van der Waals surface area (Å²) < 4.78 is 0. The summed E-state index contributed by atoms with van der Waals surface area (Å²) >= 11 is 0. The van der Waals surface area contributed by atoms with Crippen LogP contribution in [0.2, 0.25) is 0 Å². The normalized spacial score (nSPS) is 26.1. The molecule has 1 fully saturated rings. The standard InChI is InChI=1S/C15H19N3O2/c1-9-11-4-2-3-5-12(11)18(8-10-6-7-10)15(20)13(17-9)14(16)19/h2-5,9-10,13,17H,6-8H2,1H3,(H2,16,19). The molecule has 1 aliphatic carbocycles. The van der Waals surface area contributed by atoms with Crippen LogP contribution in [-0.2, 0) is 9.59 Å². The van der Waals surface area contributed by atoms with E-state index < -0.39 is 11.9 Å². The predicted octanol–water partition coefficient (Wildman–Crippen LogP) is 0.948. The van der Waals surface area contributed by atoms with Crippen molar-refractivity contribution in [2.45, 2.75) is 31.8 Å². The molecule has 2 atom stereocenters. The SMILES string of the molecule is CC1NC(C(N)=O)C(=O)N(CC2CC2)c2ccccc21. The second kappa shape index (κ2) is 4.90. The Kier molecular flexibility index (Phi) is 3.22. The highest BCUT2D eigenvalue weighted by molar-refractivity contribution is 6.11. The van der Waals surface area contributed by atoms with E-state index >= 15 is 0 Å². The third-order valence-corrected chi connectivity index (χ3v) is 4.05. The smallest absolute Gasteiger partial charge is 0.253 e. The largest absolute Gasteiger partial charge is 0.368 e. The summed E-state index contributed by atoms with van der Waals surface area (Å²) in [5.41, 5.74) is 7.31. The van der Waals surface area contributed by atoms with E-state index in [2.05, 4.69) is 5.32 Å². The Morgan fingerprint density at radius 1 is 1.40 bits per heavy atom. The van der Waals surface area contributed by atoms with Crippen molar-refractivity contribution in [1.29, 1.82) is 0 Å². The molecule has 5 heteroatoms. The van der Waals surface area contributed by atoms with Gasteiger partial charge in [-0.25, -0.2) is 0 Å². The lowest BCUT2D eigenvalue weighted by Crippen LogP contribution is -2.52. The highest BCUT2D eigenvalue weighted by atomic mass is 16.2. The molecule has 106 valence electrons. The molecule has 2 unspecified atom stereocenters. The van der Waals surface area contributed by atoms with Crippen LogP contribution < -0.4 is 16.0 Å². The number of amides is 2. The van der Waals surface area contributed by atoms with E-state index in [1.54, 1.807) is 4.90 Å². The number of nitrogens with two attached hydrogens (primary N) is 1. The van der Waals surface area contributed by atoms with Gasteiger partial charge in [-0.05, 0) is 37.3 Å². The summed E-state index contributed by atoms with van der Waals surface area (Å²) in [6.45, 7) is 2.62. The Balaban J connectivity index is 2.03. The maximum absolute atomic E-state index is 12.6. The number of carbonyl (C=O) groups is 2. The molecule has 3 N–H and O–H groups in total. The van der Waals surface area contributed by atoms with Gasteiger partial charge in [0.1, 0.15) is 0 Å². The fourth-order valence-electron chi connectivity index (χ4n) is 2.74. The van der Waals surface area contributed by atoms with Crippen molar-refractivity contribution in [2.75, 3.05) is 11.4 Å². The van der Waals surface area contributed by atoms with Crippen molar-refractivity contribution in [1.82, 2.24) is 5.32 Å². The number of fused-ring (bicyclic) bond motifs is 1. The molecule has 1 aromatic rings. The van der Waals surface area contributed by atoms with Gasteiger partial charge in [0.15, 0.2) is 6.04 Å². The second-order valence-electron chi connectivity index (χ2n) is 5.67. The van der Waals surface area contributed by atoms with Crippen molar-refractivity contribution in [3.05, 3.63) is 29.8 Å². The monoisotopic (exact) mass is 273 g/mol. The topological polar surface area (TPSA) is 75.4 Å². The average molecular weight is 273 g/mol. The van der Waals surface area contributed by atoms with Crippen LogP contribution >= 0.6 is 0 Å². The van der Waals surface area contributed by atoms with Crippen LogP contribution in [0.15, 0.2) is 24.3 Å². The van der Waals surface area contributed by atoms with Crippen LogP contribution in [0.25, 0.3) is 0 Å². The van der Waals surface area contributed by atoms with Crippen LogP contribution in [-0.4, -0.2) is 24.4 Å². The Morgan fingerprint density at radius 2 is 2.10 bits per heavy atom. The highest BCUT2D eigenvalue weighted by Gasteiger charge is 2.38. The molecule has 0 spiro atoms. The zero-order chi connectivity index (χ0) is 14.3. The quantitative estimate of drug-likeness (QED) is 0.805. The van der Waals surface area contributed by atoms with E-state index in [1.807, 2.05) is 31.2 Å². The molecule has 2 amide bonds. The van der Waals surface area contributed by atoms with Crippen LogP contribution in [0.4, 0.5) is 5.69 Å². The van der Waals surface area contributed by atoms with Gasteiger partial charge in [-0.3, -0.25) is 14.9 Å². The summed E-state index contributed by atoms with van der Waals surface area (Å²) in [5.74, 6) is -0.300. The first kappa shape index (κ1) is 13.1. The van der Waals surface area contributed by atoms with Gasteiger partial charge in [0.2, 0.25) is 5.91 Å². The van der Waals surface area contributed by atoms with Gasteiger partial charge in [0, 0.05) is 18.3 Å². The van der Waals surface area contributed by atoms with E-state index in [0.29, 0.717) is 12.5 Å². The lowest BCUT2D eigenvalue weighted by molar-refractivity contribution is -0.129. The minimum Gasteiger partial charge on any atom is -0.368 e. The third kappa shape index (κ3) is 2.29. The number of carbonyl (C=O) groups excluding carboxylic acids is 2. The molecular formula is C15H19N3O2. The maximum Gasteiger partial charge on any atom is 0.253 e. The van der Waals surface area contributed by atoms with Crippen molar-refractivity contribution in [3.63, 3.8) is 0 Å². The molecule has 1 heterocycles. The number of rotatable bonds is 3. The number of nitrogens with one attached hydrogen (secondary N) is 1. The van der Waals surface area contributed by atoms with Gasteiger partial charge in [0.25, 0.3) is 5.91 Å². The van der Waals surface area contributed by atoms with Crippen LogP contribution in [0.3, 0.4) is 0 Å². The molecule has 0 saturated heterocycles. The second-order valence-corrected chi connectivity index (χ2v) is 5.67. The minimum absolute atomic E-state index is 0.0862. The van der Waals surface area contributed by atoms with Gasteiger partial charge >= 0.3 is 0 Å². The number of nitrogens with zero attached hydrogens (tertiary/aromatic N) is 1. The van der Waals surface area contributed by atoms with Gasteiger partial charge < -0.3 is 10.6 Å². The zero-order valence-electron chi connectivity index (χ0n) is 11.5.